The molecule has 1 aromatic rings. The third-order valence-electron chi connectivity index (χ3n) is 6.08. The first-order chi connectivity index (χ1) is 13.7. The van der Waals surface area contributed by atoms with Gasteiger partial charge in [-0.1, -0.05) is 25.7 Å². The first kappa shape index (κ1) is 20.8. The molecular formula is C22H34N2O4. The molecule has 6 nitrogen and oxygen atoms in total. The van der Waals surface area contributed by atoms with Gasteiger partial charge >= 0.3 is 0 Å². The second-order valence-electron chi connectivity index (χ2n) is 7.83. The van der Waals surface area contributed by atoms with E-state index in [2.05, 4.69) is 10.2 Å². The number of carbonyl (C=O) groups excluding carboxylic acids is 1. The summed E-state index contributed by atoms with van der Waals surface area (Å²) in [6.07, 6.45) is 10.1. The number of piperidine rings is 1. The molecule has 1 heterocycles. The molecule has 0 bridgehead atoms. The lowest BCUT2D eigenvalue weighted by Gasteiger charge is -2.38. The predicted molar refractivity (Wildman–Crippen MR) is 110 cm³/mol. The second kappa shape index (κ2) is 10.0. The Morgan fingerprint density at radius 1 is 0.929 bits per heavy atom. The van der Waals surface area contributed by atoms with Crippen LogP contribution in [0.3, 0.4) is 0 Å². The summed E-state index contributed by atoms with van der Waals surface area (Å²) in [7, 11) is 4.66. The van der Waals surface area contributed by atoms with Gasteiger partial charge in [-0.15, -0.1) is 0 Å². The fourth-order valence-corrected chi connectivity index (χ4v) is 4.62. The van der Waals surface area contributed by atoms with Crippen molar-refractivity contribution >= 4 is 5.91 Å². The smallest absolute Gasteiger partial charge is 0.255 e. The van der Waals surface area contributed by atoms with E-state index in [1.54, 1.807) is 33.5 Å². The van der Waals surface area contributed by atoms with Crippen LogP contribution in [0.2, 0.25) is 0 Å². The molecule has 1 saturated carbocycles. The van der Waals surface area contributed by atoms with Gasteiger partial charge in [-0.2, -0.15) is 0 Å². The molecule has 0 radical (unpaired) electrons. The zero-order chi connectivity index (χ0) is 19.9. The number of hydrogen-bond acceptors (Lipinski definition) is 5. The number of carbonyl (C=O) groups is 1. The van der Waals surface area contributed by atoms with E-state index >= 15 is 0 Å². The zero-order valence-corrected chi connectivity index (χ0v) is 17.5. The number of nitrogens with one attached hydrogen (secondary N) is 1. The van der Waals surface area contributed by atoms with E-state index in [0.29, 0.717) is 28.9 Å². The van der Waals surface area contributed by atoms with Crippen LogP contribution in [0.15, 0.2) is 12.1 Å². The molecule has 2 fully saturated rings. The van der Waals surface area contributed by atoms with E-state index in [9.17, 15) is 4.79 Å². The SMILES string of the molecule is COc1ccc(C(=O)N[C@H]2CCCN(C3CCCCCC3)C2)c(OC)c1OC. The standard InChI is InChI=1S/C22H34N2O4/c1-26-19-13-12-18(20(27-2)21(19)28-3)22(25)23-16-9-8-14-24(15-16)17-10-6-4-5-7-11-17/h12-13,16-17H,4-11,14-15H2,1-3H3,(H,23,25)/t16-/m0/s1. The molecule has 156 valence electrons. The Morgan fingerprint density at radius 3 is 2.29 bits per heavy atom. The molecule has 1 aliphatic carbocycles. The molecule has 0 aromatic heterocycles. The monoisotopic (exact) mass is 390 g/mol. The summed E-state index contributed by atoms with van der Waals surface area (Å²) in [6.45, 7) is 2.09. The molecule has 1 aromatic carbocycles. The summed E-state index contributed by atoms with van der Waals surface area (Å²) >= 11 is 0. The molecule has 1 saturated heterocycles. The Kier molecular flexibility index (Phi) is 7.43. The minimum Gasteiger partial charge on any atom is -0.493 e. The van der Waals surface area contributed by atoms with Crippen LogP contribution in [0.5, 0.6) is 17.2 Å². The third kappa shape index (κ3) is 4.72. The average Bonchev–Trinajstić information content (AvgIpc) is 3.02. The summed E-state index contributed by atoms with van der Waals surface area (Å²) in [4.78, 5) is 15.6. The molecule has 1 atom stereocenters. The van der Waals surface area contributed by atoms with Crippen LogP contribution in [-0.4, -0.2) is 57.3 Å². The molecule has 1 N–H and O–H groups in total. The van der Waals surface area contributed by atoms with Crippen LogP contribution in [0, 0.1) is 0 Å². The van der Waals surface area contributed by atoms with Gasteiger partial charge in [-0.25, -0.2) is 0 Å². The summed E-state index contributed by atoms with van der Waals surface area (Å²) in [5.74, 6) is 1.29. The molecule has 0 spiro atoms. The largest absolute Gasteiger partial charge is 0.493 e. The Morgan fingerprint density at radius 2 is 1.64 bits per heavy atom. The number of likely N-dealkylation sites (tertiary alicyclic amines) is 1. The summed E-state index contributed by atoms with van der Waals surface area (Å²) < 4.78 is 16.2. The molecule has 0 unspecified atom stereocenters. The van der Waals surface area contributed by atoms with Crippen molar-refractivity contribution in [1.82, 2.24) is 10.2 Å². The average molecular weight is 391 g/mol. The van der Waals surface area contributed by atoms with Gasteiger partial charge in [0.15, 0.2) is 11.5 Å². The number of benzene rings is 1. The highest BCUT2D eigenvalue weighted by Gasteiger charge is 2.28. The maximum absolute atomic E-state index is 13.0. The van der Waals surface area contributed by atoms with Gasteiger partial charge in [0.2, 0.25) is 5.75 Å². The Labute approximate surface area is 168 Å². The van der Waals surface area contributed by atoms with Crippen LogP contribution in [-0.2, 0) is 0 Å². The van der Waals surface area contributed by atoms with Crippen molar-refractivity contribution in [2.45, 2.75) is 63.5 Å². The van der Waals surface area contributed by atoms with E-state index in [-0.39, 0.29) is 11.9 Å². The van der Waals surface area contributed by atoms with Gasteiger partial charge in [0, 0.05) is 18.6 Å². The Hall–Kier alpha value is -1.95. The number of nitrogens with zero attached hydrogens (tertiary/aromatic N) is 1. The number of rotatable bonds is 6. The molecule has 2 aliphatic rings. The van der Waals surface area contributed by atoms with Crippen molar-refractivity contribution in [2.75, 3.05) is 34.4 Å². The molecule has 1 amide bonds. The lowest BCUT2D eigenvalue weighted by molar-refractivity contribution is 0.0857. The van der Waals surface area contributed by atoms with Crippen molar-refractivity contribution in [1.29, 1.82) is 0 Å². The maximum Gasteiger partial charge on any atom is 0.255 e. The van der Waals surface area contributed by atoms with Crippen molar-refractivity contribution in [3.8, 4) is 17.2 Å². The minimum atomic E-state index is -0.120. The molecular weight excluding hydrogens is 356 g/mol. The fraction of sp³-hybridized carbons (Fsp3) is 0.682. The van der Waals surface area contributed by atoms with E-state index in [1.807, 2.05) is 0 Å². The molecule has 3 rings (SSSR count). The first-order valence-corrected chi connectivity index (χ1v) is 10.5. The van der Waals surface area contributed by atoms with Crippen LogP contribution in [0.1, 0.15) is 61.7 Å². The highest BCUT2D eigenvalue weighted by Crippen LogP contribution is 2.39. The highest BCUT2D eigenvalue weighted by atomic mass is 16.5. The summed E-state index contributed by atoms with van der Waals surface area (Å²) in [5, 5.41) is 3.23. The van der Waals surface area contributed by atoms with E-state index in [0.717, 1.165) is 25.9 Å². The molecule has 28 heavy (non-hydrogen) atoms. The summed E-state index contributed by atoms with van der Waals surface area (Å²) in [6, 6.07) is 4.33. The number of amides is 1. The number of methoxy groups -OCH3 is 3. The minimum absolute atomic E-state index is 0.120. The fourth-order valence-electron chi connectivity index (χ4n) is 4.62. The Balaban J connectivity index is 1.68. The normalized spacial score (nSPS) is 21.6. The first-order valence-electron chi connectivity index (χ1n) is 10.5. The van der Waals surface area contributed by atoms with Crippen LogP contribution >= 0.6 is 0 Å². The van der Waals surface area contributed by atoms with E-state index in [1.165, 1.54) is 38.5 Å². The van der Waals surface area contributed by atoms with Gasteiger partial charge in [-0.05, 0) is 44.4 Å². The summed E-state index contributed by atoms with van der Waals surface area (Å²) in [5.41, 5.74) is 0.478. The molecule has 1 aliphatic heterocycles. The van der Waals surface area contributed by atoms with Gasteiger partial charge in [0.05, 0.1) is 26.9 Å². The van der Waals surface area contributed by atoms with Gasteiger partial charge < -0.3 is 19.5 Å². The quantitative estimate of drug-likeness (QED) is 0.752. The number of hydrogen-bond donors (Lipinski definition) is 1. The third-order valence-corrected chi connectivity index (χ3v) is 6.08. The predicted octanol–water partition coefficient (Wildman–Crippen LogP) is 3.63. The van der Waals surface area contributed by atoms with E-state index < -0.39 is 0 Å². The van der Waals surface area contributed by atoms with Crippen molar-refractivity contribution in [3.63, 3.8) is 0 Å². The second-order valence-corrected chi connectivity index (χ2v) is 7.83. The van der Waals surface area contributed by atoms with Gasteiger partial charge in [0.1, 0.15) is 0 Å². The topological polar surface area (TPSA) is 60.0 Å². The van der Waals surface area contributed by atoms with Crippen LogP contribution in [0.4, 0.5) is 0 Å². The highest BCUT2D eigenvalue weighted by molar-refractivity contribution is 5.98. The van der Waals surface area contributed by atoms with Crippen molar-refractivity contribution < 1.29 is 19.0 Å². The molecule has 6 heteroatoms. The van der Waals surface area contributed by atoms with Gasteiger partial charge in [0.25, 0.3) is 5.91 Å². The van der Waals surface area contributed by atoms with Crippen molar-refractivity contribution in [2.24, 2.45) is 0 Å². The Bertz CT molecular complexity index is 656. The van der Waals surface area contributed by atoms with Gasteiger partial charge in [-0.3, -0.25) is 9.69 Å². The van der Waals surface area contributed by atoms with Crippen LogP contribution in [0.25, 0.3) is 0 Å². The lowest BCUT2D eigenvalue weighted by atomic mass is 9.99. The van der Waals surface area contributed by atoms with Crippen molar-refractivity contribution in [3.05, 3.63) is 17.7 Å². The zero-order valence-electron chi connectivity index (χ0n) is 17.5. The van der Waals surface area contributed by atoms with E-state index in [4.69, 9.17) is 14.2 Å². The number of ether oxygens (including phenoxy) is 3. The lowest BCUT2D eigenvalue weighted by Crippen LogP contribution is -2.51. The van der Waals surface area contributed by atoms with Crippen LogP contribution < -0.4 is 19.5 Å². The maximum atomic E-state index is 13.0.